The monoisotopic (exact) mass is 408 g/mol. The Morgan fingerprint density at radius 3 is 2.71 bits per heavy atom. The van der Waals surface area contributed by atoms with E-state index in [1.807, 2.05) is 30.3 Å². The second-order valence-corrected chi connectivity index (χ2v) is 7.83. The molecule has 0 atom stereocenters. The van der Waals surface area contributed by atoms with Crippen LogP contribution in [-0.4, -0.2) is 22.4 Å². The molecule has 6 nitrogen and oxygen atoms in total. The summed E-state index contributed by atoms with van der Waals surface area (Å²) in [4.78, 5) is 17.1. The molecular weight excluding hydrogens is 396 g/mol. The summed E-state index contributed by atoms with van der Waals surface area (Å²) in [5.41, 5.74) is 1.12. The van der Waals surface area contributed by atoms with Gasteiger partial charge in [-0.25, -0.2) is 4.99 Å². The van der Waals surface area contributed by atoms with Crippen LogP contribution in [0.2, 0.25) is 0 Å². The lowest BCUT2D eigenvalue weighted by molar-refractivity contribution is -0.114. The molecule has 2 aliphatic rings. The first kappa shape index (κ1) is 16.9. The Bertz CT molecular complexity index is 1340. The SMILES string of the molecule is O=C1N=c2cc3c(cc2=C/C1=C/c1sc(=S)n(-c2ccccc2)c1O)OCO3. The summed E-state index contributed by atoms with van der Waals surface area (Å²) in [6.07, 6.45) is 3.33. The molecule has 0 aliphatic carbocycles. The third kappa shape index (κ3) is 2.74. The predicted octanol–water partition coefficient (Wildman–Crippen LogP) is 2.73. The van der Waals surface area contributed by atoms with Gasteiger partial charge in [0.15, 0.2) is 15.5 Å². The van der Waals surface area contributed by atoms with E-state index in [0.29, 0.717) is 31.3 Å². The van der Waals surface area contributed by atoms with Gasteiger partial charge in [0.2, 0.25) is 12.7 Å². The molecule has 0 saturated heterocycles. The molecule has 8 heteroatoms. The molecule has 0 radical (unpaired) electrons. The van der Waals surface area contributed by atoms with E-state index in [0.717, 1.165) is 10.9 Å². The Labute approximate surface area is 167 Å². The number of hydrogen-bond acceptors (Lipinski definition) is 6. The van der Waals surface area contributed by atoms with Crippen molar-refractivity contribution in [2.24, 2.45) is 4.99 Å². The highest BCUT2D eigenvalue weighted by atomic mass is 32.1. The minimum Gasteiger partial charge on any atom is -0.493 e. The molecule has 0 saturated carbocycles. The highest BCUT2D eigenvalue weighted by Crippen LogP contribution is 2.32. The Morgan fingerprint density at radius 1 is 1.18 bits per heavy atom. The number of amides is 1. The minimum absolute atomic E-state index is 0.00798. The van der Waals surface area contributed by atoms with Gasteiger partial charge in [0, 0.05) is 16.9 Å². The van der Waals surface area contributed by atoms with Crippen LogP contribution < -0.4 is 20.0 Å². The van der Waals surface area contributed by atoms with Crippen molar-refractivity contribution in [3.8, 4) is 23.1 Å². The predicted molar refractivity (Wildman–Crippen MR) is 107 cm³/mol. The van der Waals surface area contributed by atoms with Crippen LogP contribution in [0.3, 0.4) is 0 Å². The number of aromatic hydroxyl groups is 1. The van der Waals surface area contributed by atoms with E-state index in [1.165, 1.54) is 11.3 Å². The summed E-state index contributed by atoms with van der Waals surface area (Å²) >= 11 is 6.63. The molecule has 3 aromatic rings. The fourth-order valence-corrected chi connectivity index (χ4v) is 4.39. The average Bonchev–Trinajstić information content (AvgIpc) is 3.25. The molecule has 3 heterocycles. The van der Waals surface area contributed by atoms with Gasteiger partial charge in [0.05, 0.1) is 15.9 Å². The molecule has 2 aromatic carbocycles. The molecule has 5 rings (SSSR count). The summed E-state index contributed by atoms with van der Waals surface area (Å²) in [5.74, 6) is 0.794. The first-order valence-electron chi connectivity index (χ1n) is 8.36. The third-order valence-electron chi connectivity index (χ3n) is 4.41. The van der Waals surface area contributed by atoms with Crippen molar-refractivity contribution in [1.82, 2.24) is 4.57 Å². The minimum atomic E-state index is -0.392. The van der Waals surface area contributed by atoms with Crippen molar-refractivity contribution in [3.63, 3.8) is 0 Å². The summed E-state index contributed by atoms with van der Waals surface area (Å²) < 4.78 is 12.8. The van der Waals surface area contributed by atoms with Crippen molar-refractivity contribution in [2.75, 3.05) is 6.79 Å². The van der Waals surface area contributed by atoms with E-state index in [1.54, 1.807) is 28.9 Å². The van der Waals surface area contributed by atoms with Gasteiger partial charge >= 0.3 is 0 Å². The smallest absolute Gasteiger partial charge is 0.277 e. The van der Waals surface area contributed by atoms with Crippen LogP contribution in [0.15, 0.2) is 53.0 Å². The second-order valence-electron chi connectivity index (χ2n) is 6.15. The lowest BCUT2D eigenvalue weighted by atomic mass is 10.1. The molecule has 0 fully saturated rings. The van der Waals surface area contributed by atoms with Crippen LogP contribution >= 0.6 is 23.6 Å². The molecule has 1 amide bonds. The number of ether oxygens (including phenoxy) is 2. The number of thiazole rings is 1. The van der Waals surface area contributed by atoms with Gasteiger partial charge in [-0.2, -0.15) is 0 Å². The van der Waals surface area contributed by atoms with E-state index < -0.39 is 5.91 Å². The van der Waals surface area contributed by atoms with Crippen LogP contribution in [0.4, 0.5) is 0 Å². The second kappa shape index (κ2) is 6.43. The van der Waals surface area contributed by atoms with Gasteiger partial charge in [-0.05, 0) is 42.6 Å². The van der Waals surface area contributed by atoms with Gasteiger partial charge < -0.3 is 14.6 Å². The van der Waals surface area contributed by atoms with Crippen LogP contribution in [0.1, 0.15) is 4.88 Å². The summed E-state index contributed by atoms with van der Waals surface area (Å²) in [5, 5.41) is 12.0. The molecule has 0 bridgehead atoms. The highest BCUT2D eigenvalue weighted by Gasteiger charge is 2.19. The maximum absolute atomic E-state index is 12.5. The molecule has 1 N–H and O–H groups in total. The number of carbonyl (C=O) groups excluding carboxylic acids is 1. The number of aromatic nitrogens is 1. The van der Waals surface area contributed by atoms with Crippen LogP contribution in [0.25, 0.3) is 17.8 Å². The normalized spacial score (nSPS) is 15.9. The third-order valence-corrected chi connectivity index (χ3v) is 5.72. The van der Waals surface area contributed by atoms with Crippen LogP contribution in [0, 0.1) is 3.95 Å². The van der Waals surface area contributed by atoms with Crippen molar-refractivity contribution in [1.29, 1.82) is 0 Å². The standard InChI is InChI=1S/C20H12N2O4S2/c23-18-12(6-11-7-15-16(26-10-25-15)9-14(11)21-18)8-17-19(24)22(20(27)28-17)13-4-2-1-3-5-13/h1-9,24H,10H2/b12-8-. The number of hydrogen-bond donors (Lipinski definition) is 1. The maximum Gasteiger partial charge on any atom is 0.277 e. The van der Waals surface area contributed by atoms with Crippen molar-refractivity contribution in [3.05, 3.63) is 67.4 Å². The van der Waals surface area contributed by atoms with Crippen LogP contribution in [-0.2, 0) is 4.79 Å². The van der Waals surface area contributed by atoms with Crippen molar-refractivity contribution < 1.29 is 19.4 Å². The van der Waals surface area contributed by atoms with E-state index >= 15 is 0 Å². The zero-order valence-corrected chi connectivity index (χ0v) is 15.9. The van der Waals surface area contributed by atoms with Crippen LogP contribution in [0.5, 0.6) is 17.4 Å². The van der Waals surface area contributed by atoms with E-state index in [4.69, 9.17) is 21.7 Å². The quantitative estimate of drug-likeness (QED) is 0.521. The molecule has 138 valence electrons. The number of para-hydroxylation sites is 1. The number of rotatable bonds is 2. The van der Waals surface area contributed by atoms with E-state index in [2.05, 4.69) is 4.99 Å². The zero-order chi connectivity index (χ0) is 19.3. The Morgan fingerprint density at radius 2 is 1.93 bits per heavy atom. The maximum atomic E-state index is 12.5. The van der Waals surface area contributed by atoms with Gasteiger partial charge in [-0.3, -0.25) is 9.36 Å². The molecular formula is C20H12N2O4S2. The summed E-state index contributed by atoms with van der Waals surface area (Å²) in [7, 11) is 0. The fourth-order valence-electron chi connectivity index (χ4n) is 3.09. The number of carbonyl (C=O) groups is 1. The Hall–Kier alpha value is -3.23. The summed E-state index contributed by atoms with van der Waals surface area (Å²) in [6.45, 7) is 0.152. The first-order chi connectivity index (χ1) is 13.6. The van der Waals surface area contributed by atoms with E-state index in [9.17, 15) is 9.90 Å². The van der Waals surface area contributed by atoms with Crippen molar-refractivity contribution >= 4 is 41.6 Å². The molecule has 1 aromatic heterocycles. The lowest BCUT2D eigenvalue weighted by Crippen LogP contribution is -2.30. The Balaban J connectivity index is 1.63. The topological polar surface area (TPSA) is 73.1 Å². The summed E-state index contributed by atoms with van der Waals surface area (Å²) in [6, 6.07) is 12.8. The zero-order valence-electron chi connectivity index (χ0n) is 14.3. The number of benzene rings is 2. The van der Waals surface area contributed by atoms with Gasteiger partial charge in [-0.1, -0.05) is 18.2 Å². The average molecular weight is 408 g/mol. The fraction of sp³-hybridized carbons (Fsp3) is 0.0500. The molecule has 0 unspecified atom stereocenters. The highest BCUT2D eigenvalue weighted by molar-refractivity contribution is 7.73. The van der Waals surface area contributed by atoms with Crippen molar-refractivity contribution in [2.45, 2.75) is 0 Å². The largest absolute Gasteiger partial charge is 0.493 e. The molecule has 28 heavy (non-hydrogen) atoms. The van der Waals surface area contributed by atoms with Gasteiger partial charge in [0.25, 0.3) is 5.91 Å². The molecule has 2 aliphatic heterocycles. The Kier molecular flexibility index (Phi) is 3.88. The number of fused-ring (bicyclic) bond motifs is 2. The lowest BCUT2D eigenvalue weighted by Gasteiger charge is -2.05. The van der Waals surface area contributed by atoms with Gasteiger partial charge in [-0.15, -0.1) is 11.3 Å². The van der Waals surface area contributed by atoms with E-state index in [-0.39, 0.29) is 12.7 Å². The number of nitrogens with zero attached hydrogens (tertiary/aromatic N) is 2. The first-order valence-corrected chi connectivity index (χ1v) is 9.59. The molecule has 0 spiro atoms. The van der Waals surface area contributed by atoms with Gasteiger partial charge in [0.1, 0.15) is 0 Å².